The minimum absolute atomic E-state index is 0.0613. The summed E-state index contributed by atoms with van der Waals surface area (Å²) in [6, 6.07) is 12.6. The Morgan fingerprint density at radius 3 is 2.28 bits per heavy atom. The van der Waals surface area contributed by atoms with Gasteiger partial charge in [0.1, 0.15) is 0 Å². The second-order valence-electron chi connectivity index (χ2n) is 4.49. The van der Waals surface area contributed by atoms with Gasteiger partial charge in [0.25, 0.3) is 0 Å². The molecule has 18 heavy (non-hydrogen) atoms. The van der Waals surface area contributed by atoms with E-state index in [0.717, 1.165) is 10.0 Å². The van der Waals surface area contributed by atoms with Crippen LogP contribution in [0.5, 0.6) is 0 Å². The van der Waals surface area contributed by atoms with Gasteiger partial charge in [-0.25, -0.2) is 0 Å². The van der Waals surface area contributed by atoms with Crippen molar-refractivity contribution in [3.63, 3.8) is 0 Å². The molecule has 2 aromatic rings. The van der Waals surface area contributed by atoms with Crippen molar-refractivity contribution in [1.82, 2.24) is 0 Å². The highest BCUT2D eigenvalue weighted by atomic mass is 127. The standard InChI is InChI=1S/C15H15BrIN/c1-9-8-14(16)10(2)7-13(9)15(18)11-3-5-12(17)6-4-11/h3-8,15H,18H2,1-2H3. The Hall–Kier alpha value is -0.390. The van der Waals surface area contributed by atoms with E-state index in [9.17, 15) is 0 Å². The number of hydrogen-bond acceptors (Lipinski definition) is 1. The van der Waals surface area contributed by atoms with Crippen LogP contribution in [0.2, 0.25) is 0 Å². The van der Waals surface area contributed by atoms with Crippen molar-refractivity contribution < 1.29 is 0 Å². The lowest BCUT2D eigenvalue weighted by molar-refractivity contribution is 0.858. The number of aryl methyl sites for hydroxylation is 2. The van der Waals surface area contributed by atoms with Crippen LogP contribution in [0.15, 0.2) is 40.9 Å². The summed E-state index contributed by atoms with van der Waals surface area (Å²) in [7, 11) is 0. The number of nitrogens with two attached hydrogens (primary N) is 1. The van der Waals surface area contributed by atoms with E-state index in [2.05, 4.69) is 88.8 Å². The third-order valence-electron chi connectivity index (χ3n) is 3.11. The van der Waals surface area contributed by atoms with Gasteiger partial charge in [-0.15, -0.1) is 0 Å². The maximum Gasteiger partial charge on any atom is 0.0554 e. The topological polar surface area (TPSA) is 26.0 Å². The SMILES string of the molecule is Cc1cc(C(N)c2ccc(I)cc2)c(C)cc1Br. The summed E-state index contributed by atoms with van der Waals surface area (Å²) in [5.74, 6) is 0. The summed E-state index contributed by atoms with van der Waals surface area (Å²) >= 11 is 5.86. The molecule has 0 fully saturated rings. The lowest BCUT2D eigenvalue weighted by Gasteiger charge is -2.17. The first kappa shape index (κ1) is 14.0. The van der Waals surface area contributed by atoms with Crippen LogP contribution >= 0.6 is 38.5 Å². The van der Waals surface area contributed by atoms with Gasteiger partial charge in [0.2, 0.25) is 0 Å². The fraction of sp³-hybridized carbons (Fsp3) is 0.200. The third kappa shape index (κ3) is 2.95. The van der Waals surface area contributed by atoms with Crippen LogP contribution in [0.25, 0.3) is 0 Å². The second kappa shape index (κ2) is 5.72. The van der Waals surface area contributed by atoms with Crippen LogP contribution in [0.1, 0.15) is 28.3 Å². The van der Waals surface area contributed by atoms with Crippen molar-refractivity contribution in [3.05, 3.63) is 66.7 Å². The van der Waals surface area contributed by atoms with Gasteiger partial charge >= 0.3 is 0 Å². The summed E-state index contributed by atoms with van der Waals surface area (Å²) in [5, 5.41) is 0. The van der Waals surface area contributed by atoms with Crippen molar-refractivity contribution in [2.45, 2.75) is 19.9 Å². The van der Waals surface area contributed by atoms with E-state index in [4.69, 9.17) is 5.73 Å². The first-order valence-corrected chi connectivity index (χ1v) is 7.64. The number of halogens is 2. The molecule has 0 heterocycles. The molecule has 0 amide bonds. The van der Waals surface area contributed by atoms with Crippen LogP contribution < -0.4 is 5.73 Å². The maximum absolute atomic E-state index is 6.37. The predicted octanol–water partition coefficient (Wildman–Crippen LogP) is 4.72. The van der Waals surface area contributed by atoms with Crippen molar-refractivity contribution >= 4 is 38.5 Å². The van der Waals surface area contributed by atoms with Crippen LogP contribution in [-0.4, -0.2) is 0 Å². The minimum atomic E-state index is -0.0613. The van der Waals surface area contributed by atoms with Crippen LogP contribution in [0, 0.1) is 17.4 Å². The smallest absolute Gasteiger partial charge is 0.0554 e. The molecule has 94 valence electrons. The largest absolute Gasteiger partial charge is 0.320 e. The number of benzene rings is 2. The average molecular weight is 416 g/mol. The summed E-state index contributed by atoms with van der Waals surface area (Å²) in [6.45, 7) is 4.19. The molecule has 0 radical (unpaired) electrons. The van der Waals surface area contributed by atoms with Gasteiger partial charge in [0.15, 0.2) is 0 Å². The fourth-order valence-electron chi connectivity index (χ4n) is 1.99. The zero-order valence-corrected chi connectivity index (χ0v) is 14.1. The molecule has 1 nitrogen and oxygen atoms in total. The molecule has 2 N–H and O–H groups in total. The van der Waals surface area contributed by atoms with E-state index < -0.39 is 0 Å². The highest BCUT2D eigenvalue weighted by Gasteiger charge is 2.12. The van der Waals surface area contributed by atoms with Crippen molar-refractivity contribution in [3.8, 4) is 0 Å². The molecular weight excluding hydrogens is 401 g/mol. The molecule has 0 aromatic heterocycles. The highest BCUT2D eigenvalue weighted by Crippen LogP contribution is 2.28. The van der Waals surface area contributed by atoms with E-state index in [-0.39, 0.29) is 6.04 Å². The Balaban J connectivity index is 2.42. The second-order valence-corrected chi connectivity index (χ2v) is 6.59. The van der Waals surface area contributed by atoms with Gasteiger partial charge in [-0.2, -0.15) is 0 Å². The molecule has 1 atom stereocenters. The molecule has 0 aliphatic carbocycles. The van der Waals surface area contributed by atoms with E-state index in [1.54, 1.807) is 0 Å². The minimum Gasteiger partial charge on any atom is -0.320 e. The number of hydrogen-bond donors (Lipinski definition) is 1. The molecule has 0 aliphatic rings. The van der Waals surface area contributed by atoms with E-state index in [1.165, 1.54) is 20.3 Å². The van der Waals surface area contributed by atoms with Crippen molar-refractivity contribution in [2.24, 2.45) is 5.73 Å². The lowest BCUT2D eigenvalue weighted by atomic mass is 9.94. The number of rotatable bonds is 2. The van der Waals surface area contributed by atoms with Gasteiger partial charge in [0.05, 0.1) is 6.04 Å². The summed E-state index contributed by atoms with van der Waals surface area (Å²) < 4.78 is 2.37. The van der Waals surface area contributed by atoms with Crippen LogP contribution in [0.4, 0.5) is 0 Å². The van der Waals surface area contributed by atoms with Gasteiger partial charge in [0, 0.05) is 8.04 Å². The third-order valence-corrected chi connectivity index (χ3v) is 4.68. The Bertz CT molecular complexity index is 563. The zero-order valence-electron chi connectivity index (χ0n) is 10.4. The first-order chi connectivity index (χ1) is 8.49. The molecule has 2 rings (SSSR count). The Morgan fingerprint density at radius 1 is 1.06 bits per heavy atom. The molecule has 0 spiro atoms. The molecule has 0 saturated carbocycles. The van der Waals surface area contributed by atoms with E-state index in [1.807, 2.05) is 0 Å². The normalized spacial score (nSPS) is 12.5. The van der Waals surface area contributed by atoms with Crippen LogP contribution in [0.3, 0.4) is 0 Å². The maximum atomic E-state index is 6.37. The monoisotopic (exact) mass is 415 g/mol. The zero-order chi connectivity index (χ0) is 13.3. The molecule has 2 aromatic carbocycles. The summed E-state index contributed by atoms with van der Waals surface area (Å²) in [5.41, 5.74) is 11.2. The fourth-order valence-corrected chi connectivity index (χ4v) is 2.81. The van der Waals surface area contributed by atoms with Gasteiger partial charge in [-0.1, -0.05) is 34.1 Å². The first-order valence-electron chi connectivity index (χ1n) is 5.76. The molecule has 0 aliphatic heterocycles. The van der Waals surface area contributed by atoms with Gasteiger partial charge in [-0.05, 0) is 76.9 Å². The molecule has 0 bridgehead atoms. The van der Waals surface area contributed by atoms with Crippen LogP contribution in [-0.2, 0) is 0 Å². The Kier molecular flexibility index (Phi) is 4.45. The van der Waals surface area contributed by atoms with Crippen molar-refractivity contribution in [2.75, 3.05) is 0 Å². The highest BCUT2D eigenvalue weighted by molar-refractivity contribution is 14.1. The van der Waals surface area contributed by atoms with E-state index in [0.29, 0.717) is 0 Å². The molecule has 3 heteroatoms. The Labute approximate surface area is 130 Å². The van der Waals surface area contributed by atoms with E-state index >= 15 is 0 Å². The quantitative estimate of drug-likeness (QED) is 0.705. The molecule has 1 unspecified atom stereocenters. The lowest BCUT2D eigenvalue weighted by Crippen LogP contribution is -2.13. The molecular formula is C15H15BrIN. The van der Waals surface area contributed by atoms with Gasteiger partial charge in [-0.3, -0.25) is 0 Å². The molecule has 0 saturated heterocycles. The summed E-state index contributed by atoms with van der Waals surface area (Å²) in [4.78, 5) is 0. The predicted molar refractivity (Wildman–Crippen MR) is 88.8 cm³/mol. The van der Waals surface area contributed by atoms with Crippen molar-refractivity contribution in [1.29, 1.82) is 0 Å². The summed E-state index contributed by atoms with van der Waals surface area (Å²) in [6.07, 6.45) is 0. The Morgan fingerprint density at radius 2 is 1.67 bits per heavy atom. The average Bonchev–Trinajstić information content (AvgIpc) is 2.34. The van der Waals surface area contributed by atoms with Gasteiger partial charge < -0.3 is 5.73 Å².